The van der Waals surface area contributed by atoms with Crippen molar-refractivity contribution < 1.29 is 19.0 Å². The third-order valence-corrected chi connectivity index (χ3v) is 3.55. The van der Waals surface area contributed by atoms with E-state index >= 15 is 0 Å². The minimum atomic E-state index is -0.700. The van der Waals surface area contributed by atoms with Crippen molar-refractivity contribution in [3.05, 3.63) is 23.8 Å². The fourth-order valence-corrected chi connectivity index (χ4v) is 2.12. The predicted octanol–water partition coefficient (Wildman–Crippen LogP) is 1.64. The van der Waals surface area contributed by atoms with Crippen LogP contribution in [-0.2, 0) is 9.53 Å². The van der Waals surface area contributed by atoms with Crippen LogP contribution in [0.4, 0.5) is 0 Å². The molecule has 0 fully saturated rings. The largest absolute Gasteiger partial charge is 0.493 e. The summed E-state index contributed by atoms with van der Waals surface area (Å²) in [6.45, 7) is 0.0639. The molecule has 0 aromatic heterocycles. The summed E-state index contributed by atoms with van der Waals surface area (Å²) in [6, 6.07) is 5.21. The summed E-state index contributed by atoms with van der Waals surface area (Å²) in [7, 11) is 3.07. The number of terminal acetylenes is 1. The van der Waals surface area contributed by atoms with E-state index in [2.05, 4.69) is 21.9 Å². The van der Waals surface area contributed by atoms with Gasteiger partial charge in [-0.15, -0.1) is 6.42 Å². The van der Waals surface area contributed by atoms with Crippen molar-refractivity contribution in [1.82, 2.24) is 0 Å². The molecule has 2 atom stereocenters. The smallest absolute Gasteiger partial charge is 0.234 e. The van der Waals surface area contributed by atoms with Crippen LogP contribution >= 0.6 is 15.9 Å². The summed E-state index contributed by atoms with van der Waals surface area (Å²) in [5, 5.41) is 0. The van der Waals surface area contributed by atoms with Crippen LogP contribution in [0.25, 0.3) is 0 Å². The van der Waals surface area contributed by atoms with Crippen molar-refractivity contribution in [3.8, 4) is 23.8 Å². The number of hydrogen-bond donors (Lipinski definition) is 1. The zero-order valence-corrected chi connectivity index (χ0v) is 12.8. The molecule has 0 heterocycles. The van der Waals surface area contributed by atoms with Crippen LogP contribution in [0.1, 0.15) is 11.7 Å². The van der Waals surface area contributed by atoms with Gasteiger partial charge in [-0.25, -0.2) is 0 Å². The lowest BCUT2D eigenvalue weighted by atomic mass is 10.1. The monoisotopic (exact) mass is 341 g/mol. The zero-order chi connectivity index (χ0) is 15.1. The van der Waals surface area contributed by atoms with Crippen molar-refractivity contribution in [3.63, 3.8) is 0 Å². The Hall–Kier alpha value is -1.71. The second-order valence-electron chi connectivity index (χ2n) is 3.85. The first-order chi connectivity index (χ1) is 9.54. The molecule has 0 spiro atoms. The van der Waals surface area contributed by atoms with E-state index in [9.17, 15) is 4.79 Å². The van der Waals surface area contributed by atoms with Crippen molar-refractivity contribution in [2.75, 3.05) is 20.8 Å². The van der Waals surface area contributed by atoms with Crippen molar-refractivity contribution >= 4 is 21.8 Å². The molecule has 1 aromatic carbocycles. The van der Waals surface area contributed by atoms with E-state index < -0.39 is 16.8 Å². The summed E-state index contributed by atoms with van der Waals surface area (Å²) in [6.07, 6.45) is 4.57. The van der Waals surface area contributed by atoms with Crippen LogP contribution in [0.5, 0.6) is 11.5 Å². The highest BCUT2D eigenvalue weighted by atomic mass is 79.9. The molecule has 0 radical (unpaired) electrons. The molecule has 6 heteroatoms. The molecule has 0 unspecified atom stereocenters. The summed E-state index contributed by atoms with van der Waals surface area (Å²) >= 11 is 3.22. The third kappa shape index (κ3) is 3.89. The average Bonchev–Trinajstić information content (AvgIpc) is 2.46. The highest BCUT2D eigenvalue weighted by Crippen LogP contribution is 2.34. The third-order valence-electron chi connectivity index (χ3n) is 2.62. The number of nitrogens with two attached hydrogens (primary N) is 1. The molecule has 0 bridgehead atoms. The number of ether oxygens (including phenoxy) is 3. The molecule has 0 aliphatic rings. The van der Waals surface area contributed by atoms with Crippen LogP contribution in [0.2, 0.25) is 0 Å². The predicted molar refractivity (Wildman–Crippen MR) is 79.0 cm³/mol. The first-order valence-electron chi connectivity index (χ1n) is 5.75. The van der Waals surface area contributed by atoms with E-state index in [0.29, 0.717) is 17.1 Å². The van der Waals surface area contributed by atoms with Gasteiger partial charge in [0.05, 0.1) is 14.2 Å². The van der Waals surface area contributed by atoms with E-state index in [1.54, 1.807) is 25.3 Å². The van der Waals surface area contributed by atoms with Gasteiger partial charge in [-0.1, -0.05) is 27.9 Å². The van der Waals surface area contributed by atoms with Gasteiger partial charge >= 0.3 is 0 Å². The number of methoxy groups -OCH3 is 2. The van der Waals surface area contributed by atoms with Crippen molar-refractivity contribution in [1.29, 1.82) is 0 Å². The molecule has 1 rings (SSSR count). The summed E-state index contributed by atoms with van der Waals surface area (Å²) in [5.74, 6) is 2.93. The number of carbonyl (C=O) groups excluding carboxylic acids is 1. The summed E-state index contributed by atoms with van der Waals surface area (Å²) in [5.41, 5.74) is 6.01. The van der Waals surface area contributed by atoms with Crippen LogP contribution in [0.15, 0.2) is 18.2 Å². The minimum absolute atomic E-state index is 0.0639. The van der Waals surface area contributed by atoms with Gasteiger partial charge < -0.3 is 19.9 Å². The lowest BCUT2D eigenvalue weighted by molar-refractivity contribution is -0.119. The van der Waals surface area contributed by atoms with E-state index in [-0.39, 0.29) is 6.61 Å². The molecule has 0 aliphatic heterocycles. The number of carbonyl (C=O) groups is 1. The first-order valence-corrected chi connectivity index (χ1v) is 6.67. The fraction of sp³-hybridized carbons (Fsp3) is 0.357. The Bertz CT molecular complexity index is 512. The molecule has 20 heavy (non-hydrogen) atoms. The number of primary amides is 1. The van der Waals surface area contributed by atoms with Crippen molar-refractivity contribution in [2.24, 2.45) is 5.73 Å². The lowest BCUT2D eigenvalue weighted by Crippen LogP contribution is -2.30. The SMILES string of the molecule is C#CCO[C@@H](c1ccc(OC)c(OC)c1)[C@@H](Br)C(N)=O. The van der Waals surface area contributed by atoms with Crippen LogP contribution in [0.3, 0.4) is 0 Å². The fourth-order valence-electron chi connectivity index (χ4n) is 1.67. The maximum absolute atomic E-state index is 11.3. The van der Waals surface area contributed by atoms with Gasteiger partial charge in [0.15, 0.2) is 11.5 Å². The average molecular weight is 342 g/mol. The standard InChI is InChI=1S/C14H16BrNO4/c1-4-7-20-13(12(15)14(16)17)9-5-6-10(18-2)11(8-9)19-3/h1,5-6,8,12-13H,7H2,2-3H3,(H2,16,17)/t12-,13+/m1/s1. The highest BCUT2D eigenvalue weighted by molar-refractivity contribution is 9.10. The molecule has 1 amide bonds. The van der Waals surface area contributed by atoms with Gasteiger partial charge in [0.2, 0.25) is 5.91 Å². The normalized spacial score (nSPS) is 13.1. The van der Waals surface area contributed by atoms with Gasteiger partial charge in [-0.05, 0) is 17.7 Å². The summed E-state index contributed by atoms with van der Waals surface area (Å²) < 4.78 is 15.9. The number of benzene rings is 1. The first kappa shape index (κ1) is 16.3. The highest BCUT2D eigenvalue weighted by Gasteiger charge is 2.27. The Morgan fingerprint density at radius 2 is 2.05 bits per heavy atom. The molecule has 2 N–H and O–H groups in total. The maximum atomic E-state index is 11.3. The van der Waals surface area contributed by atoms with Gasteiger partial charge in [-0.3, -0.25) is 4.79 Å². The number of halogens is 1. The minimum Gasteiger partial charge on any atom is -0.493 e. The topological polar surface area (TPSA) is 70.8 Å². The van der Waals surface area contributed by atoms with Gasteiger partial charge in [0.1, 0.15) is 17.5 Å². The molecule has 1 aromatic rings. The Morgan fingerprint density at radius 1 is 1.40 bits per heavy atom. The molecular weight excluding hydrogens is 326 g/mol. The number of alkyl halides is 1. The van der Waals surface area contributed by atoms with Gasteiger partial charge in [0, 0.05) is 0 Å². The molecule has 0 aliphatic carbocycles. The second kappa shape index (κ2) is 7.78. The van der Waals surface area contributed by atoms with E-state index in [1.807, 2.05) is 0 Å². The number of hydrogen-bond acceptors (Lipinski definition) is 4. The number of rotatable bonds is 7. The molecule has 108 valence electrons. The van der Waals surface area contributed by atoms with Crippen LogP contribution < -0.4 is 15.2 Å². The Labute approximate surface area is 126 Å². The molecule has 0 saturated carbocycles. The van der Waals surface area contributed by atoms with E-state index in [0.717, 1.165) is 0 Å². The van der Waals surface area contributed by atoms with E-state index in [1.165, 1.54) is 7.11 Å². The second-order valence-corrected chi connectivity index (χ2v) is 4.84. The zero-order valence-electron chi connectivity index (χ0n) is 11.3. The molecular formula is C14H16BrNO4. The lowest BCUT2D eigenvalue weighted by Gasteiger charge is -2.21. The summed E-state index contributed by atoms with van der Waals surface area (Å²) in [4.78, 5) is 10.6. The quantitative estimate of drug-likeness (QED) is 0.604. The molecule has 5 nitrogen and oxygen atoms in total. The Morgan fingerprint density at radius 3 is 2.55 bits per heavy atom. The molecule has 0 saturated heterocycles. The maximum Gasteiger partial charge on any atom is 0.234 e. The van der Waals surface area contributed by atoms with Crippen LogP contribution in [0, 0.1) is 12.3 Å². The number of amides is 1. The Balaban J connectivity index is 3.13. The van der Waals surface area contributed by atoms with Gasteiger partial charge in [-0.2, -0.15) is 0 Å². The van der Waals surface area contributed by atoms with E-state index in [4.69, 9.17) is 26.4 Å². The van der Waals surface area contributed by atoms with Gasteiger partial charge in [0.25, 0.3) is 0 Å². The van der Waals surface area contributed by atoms with Crippen molar-refractivity contribution in [2.45, 2.75) is 10.9 Å². The van der Waals surface area contributed by atoms with Crippen LogP contribution in [-0.4, -0.2) is 31.6 Å². The Kier molecular flexibility index (Phi) is 6.36.